The van der Waals surface area contributed by atoms with Crippen LogP contribution in [0, 0.1) is 0 Å². The van der Waals surface area contributed by atoms with Gasteiger partial charge in [0.1, 0.15) is 0 Å². The van der Waals surface area contributed by atoms with Crippen LogP contribution in [0.1, 0.15) is 48.9 Å². The molecule has 2 unspecified atom stereocenters. The van der Waals surface area contributed by atoms with E-state index < -0.39 is 0 Å². The highest BCUT2D eigenvalue weighted by Crippen LogP contribution is 2.16. The number of rotatable bonds is 5. The Labute approximate surface area is 177 Å². The van der Waals surface area contributed by atoms with Gasteiger partial charge in [-0.1, -0.05) is 30.4 Å². The maximum absolute atomic E-state index is 10.9. The number of nitrogens with zero attached hydrogens (tertiary/aromatic N) is 1. The average Bonchev–Trinajstić information content (AvgIpc) is 3.42. The minimum Gasteiger partial charge on any atom is -0.393 e. The van der Waals surface area contributed by atoms with Crippen LogP contribution in [0.2, 0.25) is 0 Å². The van der Waals surface area contributed by atoms with Crippen LogP contribution in [-0.4, -0.2) is 48.0 Å². The van der Waals surface area contributed by atoms with E-state index in [0.717, 1.165) is 32.5 Å². The topological polar surface area (TPSA) is 99.9 Å². The molecule has 28 heavy (non-hydrogen) atoms. The van der Waals surface area contributed by atoms with Crippen LogP contribution in [0.3, 0.4) is 0 Å². The summed E-state index contributed by atoms with van der Waals surface area (Å²) < 4.78 is 10.6. The predicted molar refractivity (Wildman–Crippen MR) is 119 cm³/mol. The number of hydrogen-bond donors (Lipinski definition) is 2. The molecule has 6 nitrogen and oxygen atoms in total. The molecule has 8 heteroatoms. The Hall–Kier alpha value is -1.54. The van der Waals surface area contributed by atoms with Crippen molar-refractivity contribution in [1.82, 2.24) is 0 Å². The van der Waals surface area contributed by atoms with E-state index in [4.69, 9.17) is 33.2 Å². The van der Waals surface area contributed by atoms with E-state index in [1.54, 1.807) is 24.3 Å². The van der Waals surface area contributed by atoms with Crippen LogP contribution in [-0.2, 0) is 9.47 Å². The molecule has 2 aliphatic heterocycles. The lowest BCUT2D eigenvalue weighted by Gasteiger charge is -2.06. The minimum absolute atomic E-state index is 0.347. The van der Waals surface area contributed by atoms with Crippen molar-refractivity contribution < 1.29 is 14.3 Å². The van der Waals surface area contributed by atoms with Crippen molar-refractivity contribution in [2.75, 3.05) is 19.8 Å². The zero-order valence-electron chi connectivity index (χ0n) is 16.0. The van der Waals surface area contributed by atoms with Crippen molar-refractivity contribution in [3.05, 3.63) is 35.9 Å². The van der Waals surface area contributed by atoms with Gasteiger partial charge in [-0.25, -0.2) is 0 Å². The smallest absolute Gasteiger partial charge is 0.285 e. The molecule has 0 aliphatic carbocycles. The molecule has 1 aromatic rings. The van der Waals surface area contributed by atoms with Crippen LogP contribution in [0.15, 0.2) is 35.3 Å². The molecule has 2 aliphatic rings. The van der Waals surface area contributed by atoms with Gasteiger partial charge in [-0.15, -0.1) is 0 Å². The Kier molecular flexibility index (Phi) is 13.5. The molecule has 3 rings (SSSR count). The van der Waals surface area contributed by atoms with E-state index in [9.17, 15) is 4.79 Å². The summed E-state index contributed by atoms with van der Waals surface area (Å²) in [7, 11) is 0. The summed E-state index contributed by atoms with van der Waals surface area (Å²) in [6.07, 6.45) is 7.39. The second-order valence-electron chi connectivity index (χ2n) is 6.39. The molecule has 0 aromatic heterocycles. The SMILES string of the molecule is NC(=S)CCC1CCCO1.NCC1CCCO1.O=C(N=C=S)c1ccccc1. The first-order chi connectivity index (χ1) is 13.6. The second kappa shape index (κ2) is 15.4. The predicted octanol–water partition coefficient (Wildman–Crippen LogP) is 3.29. The first kappa shape index (κ1) is 24.5. The molecule has 2 saturated heterocycles. The van der Waals surface area contributed by atoms with Crippen molar-refractivity contribution in [3.63, 3.8) is 0 Å². The number of nitrogens with two attached hydrogens (primary N) is 2. The van der Waals surface area contributed by atoms with E-state index in [2.05, 4.69) is 17.2 Å². The second-order valence-corrected chi connectivity index (χ2v) is 7.09. The fourth-order valence-electron chi connectivity index (χ4n) is 2.69. The lowest BCUT2D eigenvalue weighted by molar-refractivity contribution is 0.100. The molecular formula is C20H29N3O3S2. The van der Waals surface area contributed by atoms with Gasteiger partial charge in [-0.3, -0.25) is 4.79 Å². The summed E-state index contributed by atoms with van der Waals surface area (Å²) >= 11 is 9.04. The number of carbonyl (C=O) groups excluding carboxylic acids is 1. The molecule has 1 amide bonds. The van der Waals surface area contributed by atoms with Gasteiger partial charge in [0.15, 0.2) is 0 Å². The molecule has 2 fully saturated rings. The van der Waals surface area contributed by atoms with Crippen LogP contribution in [0.25, 0.3) is 0 Å². The normalized spacial score (nSPS) is 20.0. The third kappa shape index (κ3) is 11.3. The average molecular weight is 424 g/mol. The van der Waals surface area contributed by atoms with E-state index in [1.165, 1.54) is 19.3 Å². The van der Waals surface area contributed by atoms with Crippen LogP contribution < -0.4 is 11.5 Å². The maximum atomic E-state index is 10.9. The molecule has 1 aromatic carbocycles. The zero-order valence-corrected chi connectivity index (χ0v) is 17.7. The summed E-state index contributed by atoms with van der Waals surface area (Å²) in [6, 6.07) is 8.73. The standard InChI is InChI=1S/C8H5NOS.C7H13NOS.C5H11NO/c10-8(9-6-11)7-4-2-1-3-5-7;8-7(10)4-3-6-2-1-5-9-6;6-4-5-2-1-3-7-5/h1-5H;6H,1-5H2,(H2,8,10);5H,1-4,6H2. The van der Waals surface area contributed by atoms with E-state index in [0.29, 0.717) is 29.3 Å². The van der Waals surface area contributed by atoms with Crippen molar-refractivity contribution in [3.8, 4) is 0 Å². The highest BCUT2D eigenvalue weighted by atomic mass is 32.1. The molecule has 0 bridgehead atoms. The van der Waals surface area contributed by atoms with Gasteiger partial charge in [-0.05, 0) is 62.9 Å². The third-order valence-electron chi connectivity index (χ3n) is 4.19. The molecule has 0 saturated carbocycles. The number of amides is 1. The number of benzene rings is 1. The quantitative estimate of drug-likeness (QED) is 0.554. The van der Waals surface area contributed by atoms with Crippen molar-refractivity contribution in [1.29, 1.82) is 0 Å². The fourth-order valence-corrected chi connectivity index (χ4v) is 2.89. The first-order valence-corrected chi connectivity index (χ1v) is 10.3. The van der Waals surface area contributed by atoms with Crippen molar-refractivity contribution >= 4 is 40.5 Å². The Bertz CT molecular complexity index is 625. The summed E-state index contributed by atoms with van der Waals surface area (Å²) in [5.74, 6) is -0.347. The van der Waals surface area contributed by atoms with Crippen LogP contribution in [0.5, 0.6) is 0 Å². The summed E-state index contributed by atoms with van der Waals surface area (Å²) in [6.45, 7) is 2.53. The van der Waals surface area contributed by atoms with Gasteiger partial charge in [0.2, 0.25) is 0 Å². The van der Waals surface area contributed by atoms with Gasteiger partial charge in [0.05, 0.1) is 22.4 Å². The van der Waals surface area contributed by atoms with Crippen molar-refractivity contribution in [2.45, 2.75) is 50.7 Å². The molecule has 0 radical (unpaired) electrons. The molecule has 2 heterocycles. The minimum atomic E-state index is -0.347. The molecule has 4 N–H and O–H groups in total. The summed E-state index contributed by atoms with van der Waals surface area (Å²) in [5, 5.41) is 2.02. The van der Waals surface area contributed by atoms with Gasteiger partial charge < -0.3 is 20.9 Å². The van der Waals surface area contributed by atoms with E-state index in [-0.39, 0.29) is 5.91 Å². The maximum Gasteiger partial charge on any atom is 0.285 e. The lowest BCUT2D eigenvalue weighted by Crippen LogP contribution is -2.17. The number of carbonyl (C=O) groups is 1. The zero-order chi connectivity index (χ0) is 20.6. The Balaban J connectivity index is 0.000000215. The number of hydrogen-bond acceptors (Lipinski definition) is 6. The van der Waals surface area contributed by atoms with Crippen LogP contribution in [0.4, 0.5) is 0 Å². The number of isothiocyanates is 1. The van der Waals surface area contributed by atoms with Gasteiger partial charge in [-0.2, -0.15) is 4.99 Å². The summed E-state index contributed by atoms with van der Waals surface area (Å²) in [5.41, 5.74) is 11.2. The number of ether oxygens (including phenoxy) is 2. The molecule has 154 valence electrons. The molecule has 2 atom stereocenters. The third-order valence-corrected chi connectivity index (χ3v) is 4.49. The summed E-state index contributed by atoms with van der Waals surface area (Å²) in [4.78, 5) is 14.9. The van der Waals surface area contributed by atoms with E-state index >= 15 is 0 Å². The largest absolute Gasteiger partial charge is 0.393 e. The fraction of sp³-hybridized carbons (Fsp3) is 0.550. The lowest BCUT2D eigenvalue weighted by atomic mass is 10.1. The Morgan fingerprint density at radius 3 is 2.18 bits per heavy atom. The number of thiocarbonyl (C=S) groups is 2. The highest BCUT2D eigenvalue weighted by molar-refractivity contribution is 7.80. The highest BCUT2D eigenvalue weighted by Gasteiger charge is 2.14. The Morgan fingerprint density at radius 1 is 1.14 bits per heavy atom. The van der Waals surface area contributed by atoms with Gasteiger partial charge in [0.25, 0.3) is 5.91 Å². The Morgan fingerprint density at radius 2 is 1.75 bits per heavy atom. The first-order valence-electron chi connectivity index (χ1n) is 9.45. The van der Waals surface area contributed by atoms with Crippen molar-refractivity contribution in [2.24, 2.45) is 16.5 Å². The van der Waals surface area contributed by atoms with Gasteiger partial charge >= 0.3 is 0 Å². The van der Waals surface area contributed by atoms with E-state index in [1.807, 2.05) is 11.2 Å². The number of aliphatic imine (C=N–C) groups is 1. The molecule has 0 spiro atoms. The van der Waals surface area contributed by atoms with Crippen LogP contribution >= 0.6 is 24.4 Å². The molecular weight excluding hydrogens is 394 g/mol. The monoisotopic (exact) mass is 423 g/mol. The van der Waals surface area contributed by atoms with Gasteiger partial charge in [0, 0.05) is 25.3 Å².